The molecule has 3 heterocycles. The molecule has 1 aliphatic rings. The number of nitrogens with one attached hydrogen (secondary N) is 1. The summed E-state index contributed by atoms with van der Waals surface area (Å²) in [6.07, 6.45) is 0. The summed E-state index contributed by atoms with van der Waals surface area (Å²) >= 11 is 1.15. The Hall–Kier alpha value is -2.26. The van der Waals surface area contributed by atoms with E-state index >= 15 is 0 Å². The Bertz CT molecular complexity index is 1020. The van der Waals surface area contributed by atoms with Crippen LogP contribution in [0.15, 0.2) is 9.95 Å². The van der Waals surface area contributed by atoms with Crippen LogP contribution in [0.5, 0.6) is 0 Å². The maximum Gasteiger partial charge on any atom is 0.316 e. The molecule has 0 spiro atoms. The molecule has 0 atom stereocenters. The Balaban J connectivity index is 0.00000341. The van der Waals surface area contributed by atoms with Gasteiger partial charge in [-0.15, -0.1) is 18.3 Å². The van der Waals surface area contributed by atoms with Gasteiger partial charge in [-0.2, -0.15) is 4.98 Å². The van der Waals surface area contributed by atoms with Crippen molar-refractivity contribution in [1.29, 1.82) is 0 Å². The number of imidazole rings is 1. The highest BCUT2D eigenvalue weighted by Crippen LogP contribution is 2.23. The van der Waals surface area contributed by atoms with E-state index in [0.717, 1.165) is 37.9 Å². The van der Waals surface area contributed by atoms with Crippen LogP contribution in [0.4, 0.5) is 5.95 Å². The molecular formula is C19H27ClN6O4S. The highest BCUT2D eigenvalue weighted by Gasteiger charge is 2.24. The third-order valence-electron chi connectivity index (χ3n) is 4.69. The van der Waals surface area contributed by atoms with Crippen molar-refractivity contribution in [2.75, 3.05) is 57.7 Å². The fourth-order valence-corrected chi connectivity index (χ4v) is 4.02. The number of ether oxygens (including phenoxy) is 2. The molecule has 0 radical (unpaired) electrons. The molecule has 2 aromatic heterocycles. The number of piperazine rings is 1. The Morgan fingerprint density at radius 3 is 2.61 bits per heavy atom. The topological polar surface area (TPSA) is 104 Å². The van der Waals surface area contributed by atoms with Crippen LogP contribution >= 0.6 is 24.2 Å². The number of hydrogen-bond donors (Lipinski definition) is 1. The van der Waals surface area contributed by atoms with E-state index in [2.05, 4.69) is 32.0 Å². The monoisotopic (exact) mass is 470 g/mol. The molecule has 12 heteroatoms. The average Bonchev–Trinajstić information content (AvgIpc) is 3.14. The van der Waals surface area contributed by atoms with Gasteiger partial charge in [-0.25, -0.2) is 4.98 Å². The molecular weight excluding hydrogens is 444 g/mol. The van der Waals surface area contributed by atoms with Gasteiger partial charge in [-0.1, -0.05) is 17.7 Å². The fraction of sp³-hybridized carbons (Fsp3) is 0.579. The standard InChI is InChI=1S/C19H26N6O4S.ClH/c1-4-5-8-24-15-16(21-18(24)23-9-6-20-7-10-23)22-19(30-13-14(26)29-3)25(17(15)27)11-12-28-2;/h20H,6-13H2,1-3H3;1H. The largest absolute Gasteiger partial charge is 0.468 e. The number of rotatable bonds is 8. The van der Waals surface area contributed by atoms with Crippen LogP contribution < -0.4 is 15.8 Å². The van der Waals surface area contributed by atoms with Gasteiger partial charge in [0.1, 0.15) is 0 Å². The zero-order chi connectivity index (χ0) is 21.5. The lowest BCUT2D eigenvalue weighted by molar-refractivity contribution is -0.137. The van der Waals surface area contributed by atoms with Crippen molar-refractivity contribution in [3.63, 3.8) is 0 Å². The number of carbonyl (C=O) groups is 1. The summed E-state index contributed by atoms with van der Waals surface area (Å²) in [5.41, 5.74) is 0.536. The quantitative estimate of drug-likeness (QED) is 0.253. The van der Waals surface area contributed by atoms with E-state index in [1.807, 2.05) is 4.57 Å². The summed E-state index contributed by atoms with van der Waals surface area (Å²) < 4.78 is 13.2. The SMILES string of the molecule is CC#CCn1c(N2CCNCC2)nc2nc(SCC(=O)OC)n(CCOC)c(=O)c21.Cl. The van der Waals surface area contributed by atoms with Crippen molar-refractivity contribution in [3.8, 4) is 11.8 Å². The van der Waals surface area contributed by atoms with Crippen LogP contribution in [0, 0.1) is 11.8 Å². The van der Waals surface area contributed by atoms with Gasteiger partial charge in [0.15, 0.2) is 16.3 Å². The summed E-state index contributed by atoms with van der Waals surface area (Å²) in [6.45, 7) is 6.02. The van der Waals surface area contributed by atoms with Crippen molar-refractivity contribution in [2.45, 2.75) is 25.2 Å². The van der Waals surface area contributed by atoms with E-state index in [0.29, 0.717) is 42.0 Å². The molecule has 0 amide bonds. The molecule has 0 aliphatic carbocycles. The summed E-state index contributed by atoms with van der Waals surface area (Å²) in [5.74, 6) is 6.27. The predicted octanol–water partition coefficient (Wildman–Crippen LogP) is 0.359. The van der Waals surface area contributed by atoms with E-state index in [4.69, 9.17) is 9.47 Å². The van der Waals surface area contributed by atoms with Crippen molar-refractivity contribution >= 4 is 47.3 Å². The van der Waals surface area contributed by atoms with Crippen LogP contribution in [0.3, 0.4) is 0 Å². The number of halogens is 1. The second kappa shape index (κ2) is 12.0. The van der Waals surface area contributed by atoms with E-state index in [1.165, 1.54) is 11.7 Å². The molecule has 0 aromatic carbocycles. The van der Waals surface area contributed by atoms with E-state index in [1.54, 1.807) is 14.0 Å². The number of aromatic nitrogens is 4. The predicted molar refractivity (Wildman–Crippen MR) is 122 cm³/mol. The molecule has 0 bridgehead atoms. The highest BCUT2D eigenvalue weighted by atomic mass is 35.5. The molecule has 10 nitrogen and oxygen atoms in total. The Morgan fingerprint density at radius 2 is 1.97 bits per heavy atom. The number of methoxy groups -OCH3 is 2. The molecule has 1 fully saturated rings. The lowest BCUT2D eigenvalue weighted by Gasteiger charge is -2.28. The van der Waals surface area contributed by atoms with Gasteiger partial charge in [0.05, 0.1) is 32.6 Å². The first-order valence-corrected chi connectivity index (χ1v) is 10.6. The van der Waals surface area contributed by atoms with Crippen molar-refractivity contribution in [3.05, 3.63) is 10.4 Å². The third-order valence-corrected chi connectivity index (χ3v) is 5.64. The Morgan fingerprint density at radius 1 is 1.23 bits per heavy atom. The smallest absolute Gasteiger partial charge is 0.316 e. The molecule has 1 saturated heterocycles. The summed E-state index contributed by atoms with van der Waals surface area (Å²) in [4.78, 5) is 36.5. The molecule has 0 unspecified atom stereocenters. The van der Waals surface area contributed by atoms with Crippen molar-refractivity contribution < 1.29 is 14.3 Å². The molecule has 170 valence electrons. The second-order valence-electron chi connectivity index (χ2n) is 6.54. The van der Waals surface area contributed by atoms with E-state index < -0.39 is 5.97 Å². The van der Waals surface area contributed by atoms with Gasteiger partial charge in [0, 0.05) is 33.3 Å². The van der Waals surface area contributed by atoms with Gasteiger partial charge in [0.25, 0.3) is 5.56 Å². The van der Waals surface area contributed by atoms with Crippen LogP contribution in [0.25, 0.3) is 11.2 Å². The van der Waals surface area contributed by atoms with Crippen LogP contribution in [0.1, 0.15) is 6.92 Å². The molecule has 1 aliphatic heterocycles. The van der Waals surface area contributed by atoms with Crippen LogP contribution in [0.2, 0.25) is 0 Å². The second-order valence-corrected chi connectivity index (χ2v) is 7.49. The number of fused-ring (bicyclic) bond motifs is 1. The first-order valence-electron chi connectivity index (χ1n) is 9.65. The summed E-state index contributed by atoms with van der Waals surface area (Å²) in [6, 6.07) is 0. The lowest BCUT2D eigenvalue weighted by Crippen LogP contribution is -2.44. The van der Waals surface area contributed by atoms with Gasteiger partial charge in [0.2, 0.25) is 5.95 Å². The van der Waals surface area contributed by atoms with Crippen LogP contribution in [-0.4, -0.2) is 77.8 Å². The lowest BCUT2D eigenvalue weighted by atomic mass is 10.4. The minimum atomic E-state index is -0.391. The number of carbonyl (C=O) groups excluding carboxylic acids is 1. The molecule has 3 rings (SSSR count). The number of nitrogens with zero attached hydrogens (tertiary/aromatic N) is 5. The number of hydrogen-bond acceptors (Lipinski definition) is 9. The first-order chi connectivity index (χ1) is 14.6. The van der Waals surface area contributed by atoms with E-state index in [-0.39, 0.29) is 23.7 Å². The molecule has 31 heavy (non-hydrogen) atoms. The molecule has 2 aromatic rings. The zero-order valence-corrected chi connectivity index (χ0v) is 19.5. The number of anilines is 1. The van der Waals surface area contributed by atoms with Crippen LogP contribution in [-0.2, 0) is 27.4 Å². The fourth-order valence-electron chi connectivity index (χ4n) is 3.17. The summed E-state index contributed by atoms with van der Waals surface area (Å²) in [5, 5.41) is 3.73. The maximum atomic E-state index is 13.4. The molecule has 0 saturated carbocycles. The van der Waals surface area contributed by atoms with E-state index in [9.17, 15) is 9.59 Å². The summed E-state index contributed by atoms with van der Waals surface area (Å²) in [7, 11) is 2.90. The van der Waals surface area contributed by atoms with Gasteiger partial charge >= 0.3 is 5.97 Å². The Kier molecular flexibility index (Phi) is 9.64. The van der Waals surface area contributed by atoms with Crippen molar-refractivity contribution in [1.82, 2.24) is 24.4 Å². The van der Waals surface area contributed by atoms with Gasteiger partial charge < -0.3 is 19.7 Å². The minimum absolute atomic E-state index is 0. The zero-order valence-electron chi connectivity index (χ0n) is 17.8. The number of esters is 1. The van der Waals surface area contributed by atoms with Gasteiger partial charge in [-0.05, 0) is 6.92 Å². The average molecular weight is 471 g/mol. The first kappa shape index (κ1) is 25.0. The molecule has 1 N–H and O–H groups in total. The number of thioether (sulfide) groups is 1. The van der Waals surface area contributed by atoms with Gasteiger partial charge in [-0.3, -0.25) is 18.7 Å². The minimum Gasteiger partial charge on any atom is -0.468 e. The normalized spacial score (nSPS) is 13.5. The van der Waals surface area contributed by atoms with Crippen molar-refractivity contribution in [2.24, 2.45) is 0 Å². The maximum absolute atomic E-state index is 13.4. The Labute approximate surface area is 191 Å². The third kappa shape index (κ3) is 5.71. The highest BCUT2D eigenvalue weighted by molar-refractivity contribution is 7.99.